The molecule has 0 aliphatic carbocycles. The summed E-state index contributed by atoms with van der Waals surface area (Å²) < 4.78 is 0. The maximum atomic E-state index is 10.5. The van der Waals surface area contributed by atoms with Crippen molar-refractivity contribution in [2.24, 2.45) is 11.7 Å². The molecule has 1 aromatic rings. The number of hydrogen-bond donors (Lipinski definition) is 2. The van der Waals surface area contributed by atoms with Crippen molar-refractivity contribution in [1.29, 1.82) is 0 Å². The Bertz CT molecular complexity index is 368. The predicted molar refractivity (Wildman–Crippen MR) is 74.1 cm³/mol. The summed E-state index contributed by atoms with van der Waals surface area (Å²) in [5.41, 5.74) is 6.42. The van der Waals surface area contributed by atoms with E-state index in [1.165, 1.54) is 5.56 Å². The fourth-order valence-corrected chi connectivity index (χ4v) is 2.89. The first kappa shape index (κ1) is 13.5. The summed E-state index contributed by atoms with van der Waals surface area (Å²) in [6.07, 6.45) is 1.77. The van der Waals surface area contributed by atoms with Crippen molar-refractivity contribution in [3.63, 3.8) is 0 Å². The fraction of sp³-hybridized carbons (Fsp3) is 0.600. The van der Waals surface area contributed by atoms with E-state index in [0.717, 1.165) is 32.5 Å². The summed E-state index contributed by atoms with van der Waals surface area (Å²) in [6, 6.07) is 10.5. The van der Waals surface area contributed by atoms with E-state index >= 15 is 0 Å². The molecule has 1 fully saturated rings. The van der Waals surface area contributed by atoms with Crippen LogP contribution in [0.3, 0.4) is 0 Å². The van der Waals surface area contributed by atoms with Crippen molar-refractivity contribution in [3.8, 4) is 0 Å². The van der Waals surface area contributed by atoms with Gasteiger partial charge in [0.2, 0.25) is 0 Å². The van der Waals surface area contributed by atoms with Crippen LogP contribution in [0, 0.1) is 5.92 Å². The zero-order chi connectivity index (χ0) is 13.0. The van der Waals surface area contributed by atoms with Crippen LogP contribution in [0.2, 0.25) is 0 Å². The van der Waals surface area contributed by atoms with E-state index in [2.05, 4.69) is 36.1 Å². The lowest BCUT2D eigenvalue weighted by Gasteiger charge is -2.44. The molecule has 3 heteroatoms. The van der Waals surface area contributed by atoms with Crippen molar-refractivity contribution in [2.45, 2.75) is 31.9 Å². The maximum absolute atomic E-state index is 10.5. The molecule has 0 spiro atoms. The second-order valence-electron chi connectivity index (χ2n) is 5.38. The lowest BCUT2D eigenvalue weighted by Crippen LogP contribution is -2.55. The van der Waals surface area contributed by atoms with Crippen molar-refractivity contribution >= 4 is 0 Å². The van der Waals surface area contributed by atoms with Gasteiger partial charge in [-0.2, -0.15) is 0 Å². The highest BCUT2D eigenvalue weighted by atomic mass is 16.3. The second kappa shape index (κ2) is 5.83. The van der Waals surface area contributed by atoms with Gasteiger partial charge in [0, 0.05) is 32.1 Å². The van der Waals surface area contributed by atoms with Crippen molar-refractivity contribution in [2.75, 3.05) is 19.6 Å². The number of piperidine rings is 1. The van der Waals surface area contributed by atoms with Gasteiger partial charge >= 0.3 is 0 Å². The zero-order valence-corrected chi connectivity index (χ0v) is 11.2. The van der Waals surface area contributed by atoms with E-state index in [1.54, 1.807) is 0 Å². The first-order valence-corrected chi connectivity index (χ1v) is 6.86. The highest BCUT2D eigenvalue weighted by Gasteiger charge is 2.39. The average Bonchev–Trinajstić information content (AvgIpc) is 2.42. The first-order valence-electron chi connectivity index (χ1n) is 6.86. The summed E-state index contributed by atoms with van der Waals surface area (Å²) in [5.74, 6) is 0.292. The molecule has 1 aliphatic rings. The molecule has 0 radical (unpaired) electrons. The van der Waals surface area contributed by atoms with Crippen LogP contribution in [0.15, 0.2) is 30.3 Å². The molecule has 1 saturated heterocycles. The number of hydrogen-bond acceptors (Lipinski definition) is 3. The van der Waals surface area contributed by atoms with E-state index in [-0.39, 0.29) is 0 Å². The number of benzene rings is 1. The lowest BCUT2D eigenvalue weighted by molar-refractivity contribution is -0.0678. The minimum absolute atomic E-state index is 0.292. The second-order valence-corrected chi connectivity index (χ2v) is 5.38. The molecule has 2 atom stereocenters. The third-order valence-corrected chi connectivity index (χ3v) is 4.19. The van der Waals surface area contributed by atoms with Gasteiger partial charge < -0.3 is 10.8 Å². The normalized spacial score (nSPS) is 29.4. The van der Waals surface area contributed by atoms with E-state index in [0.29, 0.717) is 12.5 Å². The van der Waals surface area contributed by atoms with Gasteiger partial charge in [-0.1, -0.05) is 37.3 Å². The van der Waals surface area contributed by atoms with Crippen LogP contribution in [0.5, 0.6) is 0 Å². The average molecular weight is 248 g/mol. The number of rotatable bonds is 4. The molecule has 0 amide bonds. The lowest BCUT2D eigenvalue weighted by atomic mass is 9.79. The largest absolute Gasteiger partial charge is 0.388 e. The molecule has 18 heavy (non-hydrogen) atoms. The standard InChI is InChI=1S/C15H24N2O/c1-2-14-11-17(9-8-15(14,18)12-16)10-13-6-4-3-5-7-13/h3-7,14,18H,2,8-12,16H2,1H3/t14-,15-/m0/s1. The van der Waals surface area contributed by atoms with Crippen LogP contribution >= 0.6 is 0 Å². The molecule has 0 aromatic heterocycles. The smallest absolute Gasteiger partial charge is 0.0821 e. The highest BCUT2D eigenvalue weighted by molar-refractivity contribution is 5.14. The van der Waals surface area contributed by atoms with Crippen LogP contribution in [0.25, 0.3) is 0 Å². The SMILES string of the molecule is CC[C@H]1CN(Cc2ccccc2)CC[C@]1(O)CN. The van der Waals surface area contributed by atoms with Gasteiger partial charge in [-0.25, -0.2) is 0 Å². The van der Waals surface area contributed by atoms with E-state index < -0.39 is 5.60 Å². The van der Waals surface area contributed by atoms with Crippen molar-refractivity contribution in [3.05, 3.63) is 35.9 Å². The monoisotopic (exact) mass is 248 g/mol. The molecule has 1 aromatic carbocycles. The summed E-state index contributed by atoms with van der Waals surface area (Å²) >= 11 is 0. The number of nitrogens with zero attached hydrogens (tertiary/aromatic N) is 1. The van der Waals surface area contributed by atoms with Crippen LogP contribution < -0.4 is 5.73 Å². The Labute approximate surface area is 110 Å². The molecular formula is C15H24N2O. The van der Waals surface area contributed by atoms with Crippen LogP contribution in [-0.2, 0) is 6.54 Å². The molecule has 1 heterocycles. The van der Waals surface area contributed by atoms with Crippen LogP contribution in [-0.4, -0.2) is 35.2 Å². The summed E-state index contributed by atoms with van der Waals surface area (Å²) in [7, 11) is 0. The molecule has 2 rings (SSSR count). The van der Waals surface area contributed by atoms with Gasteiger partial charge in [-0.05, 0) is 18.4 Å². The molecule has 0 saturated carbocycles. The maximum Gasteiger partial charge on any atom is 0.0821 e. The predicted octanol–water partition coefficient (Wildman–Crippen LogP) is 1.61. The van der Waals surface area contributed by atoms with Crippen LogP contribution in [0.1, 0.15) is 25.3 Å². The summed E-state index contributed by atoms with van der Waals surface area (Å²) in [6.45, 7) is 5.36. The Kier molecular flexibility index (Phi) is 4.38. The Morgan fingerprint density at radius 1 is 1.39 bits per heavy atom. The Morgan fingerprint density at radius 2 is 2.11 bits per heavy atom. The third kappa shape index (κ3) is 2.91. The van der Waals surface area contributed by atoms with Gasteiger partial charge in [-0.15, -0.1) is 0 Å². The van der Waals surface area contributed by atoms with E-state index in [4.69, 9.17) is 5.73 Å². The summed E-state index contributed by atoms with van der Waals surface area (Å²) in [5, 5.41) is 10.5. The third-order valence-electron chi connectivity index (χ3n) is 4.19. The molecule has 0 bridgehead atoms. The van der Waals surface area contributed by atoms with Gasteiger partial charge in [0.1, 0.15) is 0 Å². The summed E-state index contributed by atoms with van der Waals surface area (Å²) in [4.78, 5) is 2.42. The van der Waals surface area contributed by atoms with E-state index in [1.807, 2.05) is 6.07 Å². The first-order chi connectivity index (χ1) is 8.68. The van der Waals surface area contributed by atoms with Crippen molar-refractivity contribution in [1.82, 2.24) is 4.90 Å². The molecular weight excluding hydrogens is 224 g/mol. The highest BCUT2D eigenvalue weighted by Crippen LogP contribution is 2.30. The zero-order valence-electron chi connectivity index (χ0n) is 11.2. The fourth-order valence-electron chi connectivity index (χ4n) is 2.89. The molecule has 3 nitrogen and oxygen atoms in total. The number of likely N-dealkylation sites (tertiary alicyclic amines) is 1. The minimum atomic E-state index is -0.651. The van der Waals surface area contributed by atoms with Crippen LogP contribution in [0.4, 0.5) is 0 Å². The minimum Gasteiger partial charge on any atom is -0.388 e. The Hall–Kier alpha value is -0.900. The molecule has 3 N–H and O–H groups in total. The Balaban J connectivity index is 1.98. The van der Waals surface area contributed by atoms with E-state index in [9.17, 15) is 5.11 Å². The van der Waals surface area contributed by atoms with Gasteiger partial charge in [-0.3, -0.25) is 4.90 Å². The quantitative estimate of drug-likeness (QED) is 0.851. The molecule has 100 valence electrons. The Morgan fingerprint density at radius 3 is 2.72 bits per heavy atom. The van der Waals surface area contributed by atoms with Gasteiger partial charge in [0.15, 0.2) is 0 Å². The number of nitrogens with two attached hydrogens (primary N) is 1. The topological polar surface area (TPSA) is 49.5 Å². The number of aliphatic hydroxyl groups is 1. The van der Waals surface area contributed by atoms with Gasteiger partial charge in [0.05, 0.1) is 5.60 Å². The van der Waals surface area contributed by atoms with Gasteiger partial charge in [0.25, 0.3) is 0 Å². The van der Waals surface area contributed by atoms with Crippen molar-refractivity contribution < 1.29 is 5.11 Å². The molecule has 0 unspecified atom stereocenters. The molecule has 1 aliphatic heterocycles.